The molecule has 4 aromatic rings. The Kier molecular flexibility index (Phi) is 5.63. The van der Waals surface area contributed by atoms with Gasteiger partial charge in [-0.05, 0) is 41.3 Å². The van der Waals surface area contributed by atoms with E-state index in [2.05, 4.69) is 62.6 Å². The summed E-state index contributed by atoms with van der Waals surface area (Å²) in [5, 5.41) is 4.00. The summed E-state index contributed by atoms with van der Waals surface area (Å²) in [4.78, 5) is 23.8. The van der Waals surface area contributed by atoms with Gasteiger partial charge in [-0.1, -0.05) is 42.5 Å². The lowest BCUT2D eigenvalue weighted by Crippen LogP contribution is -2.31. The van der Waals surface area contributed by atoms with E-state index in [1.165, 1.54) is 15.8 Å². The Hall–Kier alpha value is -3.25. The van der Waals surface area contributed by atoms with Crippen molar-refractivity contribution >= 4 is 33.3 Å². The highest BCUT2D eigenvalue weighted by Gasteiger charge is 2.16. The molecule has 0 saturated heterocycles. The molecular formula is C25H24N4OS. The molecule has 1 N–H and O–H groups in total. The van der Waals surface area contributed by atoms with Gasteiger partial charge in [-0.25, -0.2) is 9.97 Å². The fourth-order valence-corrected chi connectivity index (χ4v) is 4.90. The van der Waals surface area contributed by atoms with Gasteiger partial charge in [0.2, 0.25) is 5.91 Å². The van der Waals surface area contributed by atoms with Gasteiger partial charge in [0.05, 0.1) is 15.2 Å². The van der Waals surface area contributed by atoms with Crippen LogP contribution in [0.5, 0.6) is 0 Å². The Labute approximate surface area is 185 Å². The van der Waals surface area contributed by atoms with Gasteiger partial charge in [0, 0.05) is 38.7 Å². The van der Waals surface area contributed by atoms with Crippen molar-refractivity contribution in [3.63, 3.8) is 0 Å². The van der Waals surface area contributed by atoms with E-state index in [0.717, 1.165) is 41.4 Å². The van der Waals surface area contributed by atoms with Crippen molar-refractivity contribution in [2.75, 3.05) is 11.4 Å². The third-order valence-corrected chi connectivity index (χ3v) is 6.75. The van der Waals surface area contributed by atoms with E-state index in [-0.39, 0.29) is 5.91 Å². The van der Waals surface area contributed by atoms with Gasteiger partial charge in [-0.3, -0.25) is 4.79 Å². The number of benzene rings is 2. The molecule has 2 aromatic carbocycles. The van der Waals surface area contributed by atoms with Gasteiger partial charge < -0.3 is 10.2 Å². The van der Waals surface area contributed by atoms with Crippen LogP contribution in [0, 0.1) is 0 Å². The monoisotopic (exact) mass is 428 g/mol. The molecule has 1 aliphatic rings. The second kappa shape index (κ2) is 8.86. The van der Waals surface area contributed by atoms with Crippen LogP contribution in [0.1, 0.15) is 28.1 Å². The molecule has 31 heavy (non-hydrogen) atoms. The number of hydrogen-bond acceptors (Lipinski definition) is 5. The number of rotatable bonds is 6. The summed E-state index contributed by atoms with van der Waals surface area (Å²) in [7, 11) is 0. The molecule has 0 atom stereocenters. The maximum absolute atomic E-state index is 12.3. The summed E-state index contributed by atoms with van der Waals surface area (Å²) in [5.74, 6) is 1.02. The highest BCUT2D eigenvalue weighted by molar-refractivity contribution is 7.18. The first-order valence-electron chi connectivity index (χ1n) is 10.6. The van der Waals surface area contributed by atoms with Gasteiger partial charge in [-0.2, -0.15) is 0 Å². The Morgan fingerprint density at radius 2 is 1.87 bits per heavy atom. The smallest absolute Gasteiger partial charge is 0.220 e. The molecule has 0 radical (unpaired) electrons. The van der Waals surface area contributed by atoms with Crippen molar-refractivity contribution in [3.05, 3.63) is 88.6 Å². The molecule has 3 heterocycles. The fraction of sp³-hybridized carbons (Fsp3) is 0.240. The Balaban J connectivity index is 1.12. The van der Waals surface area contributed by atoms with Crippen molar-refractivity contribution in [1.82, 2.24) is 15.3 Å². The first-order valence-corrected chi connectivity index (χ1v) is 11.4. The highest BCUT2D eigenvalue weighted by atomic mass is 32.1. The molecule has 0 fully saturated rings. The predicted molar refractivity (Wildman–Crippen MR) is 125 cm³/mol. The van der Waals surface area contributed by atoms with E-state index < -0.39 is 0 Å². The first-order chi connectivity index (χ1) is 15.2. The maximum atomic E-state index is 12.3. The number of pyridine rings is 1. The standard InChI is InChI=1S/C25H24N4OS/c30-24(11-12-25-28-21-7-3-4-8-22(21)31-25)27-16-18-9-10-23(26-15-18)29-14-13-19-5-1-2-6-20(19)17-29/h1-10,15H,11-14,16-17H2,(H,27,30). The van der Waals surface area contributed by atoms with Gasteiger partial charge in [0.1, 0.15) is 5.82 Å². The average Bonchev–Trinajstić information content (AvgIpc) is 3.24. The van der Waals surface area contributed by atoms with E-state index >= 15 is 0 Å². The maximum Gasteiger partial charge on any atom is 0.220 e. The Morgan fingerprint density at radius 3 is 2.71 bits per heavy atom. The molecule has 0 saturated carbocycles. The zero-order valence-corrected chi connectivity index (χ0v) is 18.1. The van der Waals surface area contributed by atoms with E-state index in [1.54, 1.807) is 11.3 Å². The summed E-state index contributed by atoms with van der Waals surface area (Å²) in [6.45, 7) is 2.37. The fourth-order valence-electron chi connectivity index (χ4n) is 3.94. The van der Waals surface area contributed by atoms with Gasteiger partial charge >= 0.3 is 0 Å². The number of amides is 1. The van der Waals surface area contributed by atoms with Gasteiger partial charge in [0.25, 0.3) is 0 Å². The number of aryl methyl sites for hydroxylation is 1. The second-order valence-corrected chi connectivity index (χ2v) is 8.93. The molecule has 2 aromatic heterocycles. The third kappa shape index (κ3) is 4.59. The number of aromatic nitrogens is 2. The van der Waals surface area contributed by atoms with Crippen LogP contribution in [0.2, 0.25) is 0 Å². The van der Waals surface area contributed by atoms with Crippen LogP contribution in [-0.4, -0.2) is 22.4 Å². The summed E-state index contributed by atoms with van der Waals surface area (Å²) < 4.78 is 1.17. The predicted octanol–water partition coefficient (Wildman–Crippen LogP) is 4.50. The summed E-state index contributed by atoms with van der Waals surface area (Å²) in [5.41, 5.74) is 4.82. The minimum Gasteiger partial charge on any atom is -0.352 e. The molecule has 1 amide bonds. The van der Waals surface area contributed by atoms with Crippen LogP contribution < -0.4 is 10.2 Å². The summed E-state index contributed by atoms with van der Waals surface area (Å²) in [6.07, 6.45) is 4.02. The number of hydrogen-bond donors (Lipinski definition) is 1. The van der Waals surface area contributed by atoms with Crippen LogP contribution in [0.25, 0.3) is 10.2 Å². The molecule has 156 valence electrons. The number of fused-ring (bicyclic) bond motifs is 2. The van der Waals surface area contributed by atoms with Crippen LogP contribution in [-0.2, 0) is 30.7 Å². The average molecular weight is 429 g/mol. The number of nitrogens with one attached hydrogen (secondary N) is 1. The molecular weight excluding hydrogens is 404 g/mol. The zero-order valence-electron chi connectivity index (χ0n) is 17.3. The van der Waals surface area contributed by atoms with Crippen LogP contribution in [0.3, 0.4) is 0 Å². The number of carbonyl (C=O) groups excluding carboxylic acids is 1. The quantitative estimate of drug-likeness (QED) is 0.491. The van der Waals surface area contributed by atoms with Gasteiger partial charge in [0.15, 0.2) is 0 Å². The molecule has 5 rings (SSSR count). The van der Waals surface area contributed by atoms with Crippen LogP contribution >= 0.6 is 11.3 Å². The summed E-state index contributed by atoms with van der Waals surface area (Å²) in [6, 6.07) is 20.8. The molecule has 0 spiro atoms. The minimum absolute atomic E-state index is 0.0379. The largest absolute Gasteiger partial charge is 0.352 e. The number of carbonyl (C=O) groups is 1. The number of anilines is 1. The third-order valence-electron chi connectivity index (χ3n) is 5.66. The molecule has 5 nitrogen and oxygen atoms in total. The van der Waals surface area contributed by atoms with E-state index in [0.29, 0.717) is 19.4 Å². The SMILES string of the molecule is O=C(CCc1nc2ccccc2s1)NCc1ccc(N2CCc3ccccc3C2)nc1. The first kappa shape index (κ1) is 19.7. The van der Waals surface area contributed by atoms with Crippen molar-refractivity contribution in [2.24, 2.45) is 0 Å². The normalized spacial score (nSPS) is 13.2. The lowest BCUT2D eigenvalue weighted by Gasteiger charge is -2.29. The molecule has 0 bridgehead atoms. The molecule has 0 unspecified atom stereocenters. The zero-order chi connectivity index (χ0) is 21.0. The van der Waals surface area contributed by atoms with Gasteiger partial charge in [-0.15, -0.1) is 11.3 Å². The lowest BCUT2D eigenvalue weighted by molar-refractivity contribution is -0.121. The van der Waals surface area contributed by atoms with Crippen molar-refractivity contribution in [3.8, 4) is 0 Å². The summed E-state index contributed by atoms with van der Waals surface area (Å²) >= 11 is 1.66. The highest BCUT2D eigenvalue weighted by Crippen LogP contribution is 2.24. The lowest BCUT2D eigenvalue weighted by atomic mass is 10.00. The molecule has 1 aliphatic heterocycles. The number of nitrogens with zero attached hydrogens (tertiary/aromatic N) is 3. The Bertz CT molecular complexity index is 1170. The molecule has 0 aliphatic carbocycles. The second-order valence-electron chi connectivity index (χ2n) is 7.82. The van der Waals surface area contributed by atoms with Crippen molar-refractivity contribution in [2.45, 2.75) is 32.4 Å². The van der Waals surface area contributed by atoms with Crippen molar-refractivity contribution in [1.29, 1.82) is 0 Å². The molecule has 6 heteroatoms. The van der Waals surface area contributed by atoms with Crippen LogP contribution in [0.15, 0.2) is 66.9 Å². The van der Waals surface area contributed by atoms with E-state index in [4.69, 9.17) is 0 Å². The van der Waals surface area contributed by atoms with Crippen LogP contribution in [0.4, 0.5) is 5.82 Å². The van der Waals surface area contributed by atoms with Crippen molar-refractivity contribution < 1.29 is 4.79 Å². The number of thiazole rings is 1. The Morgan fingerprint density at radius 1 is 1.03 bits per heavy atom. The van der Waals surface area contributed by atoms with E-state index in [9.17, 15) is 4.79 Å². The topological polar surface area (TPSA) is 58.1 Å². The van der Waals surface area contributed by atoms with E-state index in [1.807, 2.05) is 24.4 Å². The number of para-hydroxylation sites is 1. The minimum atomic E-state index is 0.0379.